The van der Waals surface area contributed by atoms with Gasteiger partial charge in [-0.15, -0.1) is 0 Å². The van der Waals surface area contributed by atoms with E-state index < -0.39 is 5.97 Å². The molecule has 1 aliphatic heterocycles. The van der Waals surface area contributed by atoms with Crippen LogP contribution in [0.2, 0.25) is 0 Å². The molecular formula is C14H18N2O4. The lowest BCUT2D eigenvalue weighted by molar-refractivity contribution is -0.136. The SMILES string of the molecule is CC1COc2ccccc2CN1C(=O)NCCC(=O)O. The molecule has 0 aliphatic carbocycles. The molecule has 1 heterocycles. The van der Waals surface area contributed by atoms with Gasteiger partial charge in [0.2, 0.25) is 0 Å². The molecule has 1 unspecified atom stereocenters. The minimum absolute atomic E-state index is 0.0766. The van der Waals surface area contributed by atoms with Crippen molar-refractivity contribution in [3.05, 3.63) is 29.8 Å². The number of rotatable bonds is 3. The Kier molecular flexibility index (Phi) is 4.45. The van der Waals surface area contributed by atoms with E-state index >= 15 is 0 Å². The zero-order chi connectivity index (χ0) is 14.5. The second-order valence-electron chi connectivity index (χ2n) is 4.77. The molecule has 20 heavy (non-hydrogen) atoms. The molecule has 2 N–H and O–H groups in total. The van der Waals surface area contributed by atoms with Crippen molar-refractivity contribution in [1.82, 2.24) is 10.2 Å². The van der Waals surface area contributed by atoms with Crippen LogP contribution in [-0.2, 0) is 11.3 Å². The van der Waals surface area contributed by atoms with Crippen molar-refractivity contribution in [1.29, 1.82) is 0 Å². The molecule has 0 bridgehead atoms. The number of fused-ring (bicyclic) bond motifs is 1. The third-order valence-electron chi connectivity index (χ3n) is 3.20. The monoisotopic (exact) mass is 278 g/mol. The number of amides is 2. The van der Waals surface area contributed by atoms with E-state index in [1.165, 1.54) is 0 Å². The maximum atomic E-state index is 12.1. The number of aliphatic carboxylic acids is 1. The molecule has 0 spiro atoms. The average molecular weight is 278 g/mol. The van der Waals surface area contributed by atoms with E-state index in [2.05, 4.69) is 5.32 Å². The summed E-state index contributed by atoms with van der Waals surface area (Å²) >= 11 is 0. The first-order chi connectivity index (χ1) is 9.58. The first-order valence-electron chi connectivity index (χ1n) is 6.55. The van der Waals surface area contributed by atoms with Gasteiger partial charge in [-0.25, -0.2) is 4.79 Å². The van der Waals surface area contributed by atoms with E-state index in [1.807, 2.05) is 31.2 Å². The van der Waals surface area contributed by atoms with Gasteiger partial charge >= 0.3 is 12.0 Å². The highest BCUT2D eigenvalue weighted by Crippen LogP contribution is 2.24. The summed E-state index contributed by atoms with van der Waals surface area (Å²) in [6.45, 7) is 2.90. The lowest BCUT2D eigenvalue weighted by atomic mass is 10.2. The number of urea groups is 1. The molecule has 1 aromatic rings. The summed E-state index contributed by atoms with van der Waals surface area (Å²) < 4.78 is 5.67. The lowest BCUT2D eigenvalue weighted by Crippen LogP contribution is -2.46. The maximum absolute atomic E-state index is 12.1. The molecule has 0 fully saturated rings. The van der Waals surface area contributed by atoms with Gasteiger partial charge in [0, 0.05) is 12.1 Å². The van der Waals surface area contributed by atoms with Crippen LogP contribution in [0.25, 0.3) is 0 Å². The summed E-state index contributed by atoms with van der Waals surface area (Å²) in [4.78, 5) is 24.2. The van der Waals surface area contributed by atoms with Crippen LogP contribution >= 0.6 is 0 Å². The lowest BCUT2D eigenvalue weighted by Gasteiger charge is -2.26. The first-order valence-corrected chi connectivity index (χ1v) is 6.55. The van der Waals surface area contributed by atoms with Gasteiger partial charge in [-0.3, -0.25) is 4.79 Å². The second-order valence-corrected chi connectivity index (χ2v) is 4.77. The number of carboxylic acids is 1. The topological polar surface area (TPSA) is 78.9 Å². The molecule has 0 radical (unpaired) electrons. The van der Waals surface area contributed by atoms with Crippen LogP contribution in [0.15, 0.2) is 24.3 Å². The highest BCUT2D eigenvalue weighted by atomic mass is 16.5. The van der Waals surface area contributed by atoms with E-state index in [-0.39, 0.29) is 25.0 Å². The first kappa shape index (κ1) is 14.2. The van der Waals surface area contributed by atoms with E-state index in [1.54, 1.807) is 4.90 Å². The number of hydrogen-bond acceptors (Lipinski definition) is 3. The Morgan fingerprint density at radius 1 is 1.45 bits per heavy atom. The average Bonchev–Trinajstić information content (AvgIpc) is 2.58. The van der Waals surface area contributed by atoms with Gasteiger partial charge in [0.15, 0.2) is 0 Å². The number of carbonyl (C=O) groups is 2. The number of hydrogen-bond donors (Lipinski definition) is 2. The van der Waals surface area contributed by atoms with Crippen molar-refractivity contribution in [2.75, 3.05) is 13.2 Å². The van der Waals surface area contributed by atoms with Crippen LogP contribution in [0.3, 0.4) is 0 Å². The fraction of sp³-hybridized carbons (Fsp3) is 0.429. The second kappa shape index (κ2) is 6.27. The normalized spacial score (nSPS) is 17.6. The highest BCUT2D eigenvalue weighted by Gasteiger charge is 2.25. The molecule has 2 rings (SSSR count). The van der Waals surface area contributed by atoms with Crippen LogP contribution in [0, 0.1) is 0 Å². The largest absolute Gasteiger partial charge is 0.491 e. The van der Waals surface area contributed by atoms with E-state index in [0.717, 1.165) is 11.3 Å². The van der Waals surface area contributed by atoms with E-state index in [9.17, 15) is 9.59 Å². The predicted molar refractivity (Wildman–Crippen MR) is 72.6 cm³/mol. The minimum atomic E-state index is -0.928. The number of benzene rings is 1. The van der Waals surface area contributed by atoms with Gasteiger partial charge in [-0.2, -0.15) is 0 Å². The third kappa shape index (κ3) is 3.40. The molecule has 1 atom stereocenters. The van der Waals surface area contributed by atoms with Gasteiger partial charge in [-0.05, 0) is 13.0 Å². The van der Waals surface area contributed by atoms with Gasteiger partial charge < -0.3 is 20.1 Å². The Bertz CT molecular complexity index is 504. The fourth-order valence-corrected chi connectivity index (χ4v) is 2.06. The van der Waals surface area contributed by atoms with E-state index in [0.29, 0.717) is 13.2 Å². The molecule has 1 aliphatic rings. The van der Waals surface area contributed by atoms with Crippen LogP contribution in [0.5, 0.6) is 5.75 Å². The van der Waals surface area contributed by atoms with Crippen molar-refractivity contribution >= 4 is 12.0 Å². The quantitative estimate of drug-likeness (QED) is 0.877. The smallest absolute Gasteiger partial charge is 0.318 e. The Labute approximate surface area is 117 Å². The van der Waals surface area contributed by atoms with Crippen molar-refractivity contribution in [3.8, 4) is 5.75 Å². The molecule has 0 aromatic heterocycles. The summed E-state index contributed by atoms with van der Waals surface area (Å²) in [6, 6.07) is 7.26. The summed E-state index contributed by atoms with van der Waals surface area (Å²) in [7, 11) is 0. The summed E-state index contributed by atoms with van der Waals surface area (Å²) in [6.07, 6.45) is -0.0823. The molecule has 1 aromatic carbocycles. The molecule has 0 saturated heterocycles. The zero-order valence-electron chi connectivity index (χ0n) is 11.3. The molecule has 0 saturated carbocycles. The Hall–Kier alpha value is -2.24. The van der Waals surface area contributed by atoms with Gasteiger partial charge in [-0.1, -0.05) is 18.2 Å². The van der Waals surface area contributed by atoms with Gasteiger partial charge in [0.05, 0.1) is 19.0 Å². The van der Waals surface area contributed by atoms with Crippen LogP contribution < -0.4 is 10.1 Å². The number of carbonyl (C=O) groups excluding carboxylic acids is 1. The van der Waals surface area contributed by atoms with Crippen LogP contribution in [0.1, 0.15) is 18.9 Å². The Balaban J connectivity index is 2.03. The number of carboxylic acid groups (broad SMARTS) is 1. The summed E-state index contributed by atoms with van der Waals surface area (Å²) in [5.74, 6) is -0.136. The Morgan fingerprint density at radius 2 is 2.20 bits per heavy atom. The zero-order valence-corrected chi connectivity index (χ0v) is 11.3. The fourth-order valence-electron chi connectivity index (χ4n) is 2.06. The molecular weight excluding hydrogens is 260 g/mol. The number of nitrogens with one attached hydrogen (secondary N) is 1. The van der Waals surface area contributed by atoms with Crippen molar-refractivity contribution < 1.29 is 19.4 Å². The summed E-state index contributed by atoms with van der Waals surface area (Å²) in [5.41, 5.74) is 0.949. The van der Waals surface area contributed by atoms with Crippen molar-refractivity contribution in [2.24, 2.45) is 0 Å². The van der Waals surface area contributed by atoms with Crippen molar-refractivity contribution in [3.63, 3.8) is 0 Å². The molecule has 108 valence electrons. The third-order valence-corrected chi connectivity index (χ3v) is 3.20. The molecule has 6 nitrogen and oxygen atoms in total. The standard InChI is InChI=1S/C14H18N2O4/c1-10-9-20-12-5-3-2-4-11(12)8-16(10)14(19)15-7-6-13(17)18/h2-5,10H,6-9H2,1H3,(H,15,19)(H,17,18). The van der Waals surface area contributed by atoms with Gasteiger partial charge in [0.1, 0.15) is 12.4 Å². The molecule has 6 heteroatoms. The number of nitrogens with zero attached hydrogens (tertiary/aromatic N) is 1. The molecule has 2 amide bonds. The Morgan fingerprint density at radius 3 is 2.95 bits per heavy atom. The van der Waals surface area contributed by atoms with Crippen molar-refractivity contribution in [2.45, 2.75) is 25.9 Å². The maximum Gasteiger partial charge on any atom is 0.318 e. The number of ether oxygens (including phenoxy) is 1. The minimum Gasteiger partial charge on any atom is -0.491 e. The van der Waals surface area contributed by atoms with Crippen LogP contribution in [-0.4, -0.2) is 41.2 Å². The van der Waals surface area contributed by atoms with E-state index in [4.69, 9.17) is 9.84 Å². The van der Waals surface area contributed by atoms with Crippen LogP contribution in [0.4, 0.5) is 4.79 Å². The highest BCUT2D eigenvalue weighted by molar-refractivity contribution is 5.75. The number of para-hydroxylation sites is 1. The summed E-state index contributed by atoms with van der Waals surface area (Å²) in [5, 5.41) is 11.2. The van der Waals surface area contributed by atoms with Gasteiger partial charge in [0.25, 0.3) is 0 Å². The predicted octanol–water partition coefficient (Wildman–Crippen LogP) is 1.45.